The summed E-state index contributed by atoms with van der Waals surface area (Å²) in [7, 11) is 0. The molecular formula is C14H25NO3S. The molecule has 0 amide bonds. The van der Waals surface area contributed by atoms with Gasteiger partial charge in [0.2, 0.25) is 0 Å². The third-order valence-electron chi connectivity index (χ3n) is 3.37. The molecule has 0 unspecified atom stereocenters. The lowest BCUT2D eigenvalue weighted by molar-refractivity contribution is -0.138. The Hall–Kier alpha value is -0.520. The minimum atomic E-state index is -1.05. The summed E-state index contributed by atoms with van der Waals surface area (Å²) in [5.74, 6) is -0.254. The summed E-state index contributed by atoms with van der Waals surface area (Å²) >= 11 is -1.05. The van der Waals surface area contributed by atoms with Crippen molar-refractivity contribution in [3.05, 3.63) is 11.6 Å². The summed E-state index contributed by atoms with van der Waals surface area (Å²) in [6.07, 6.45) is 9.03. The van der Waals surface area contributed by atoms with Gasteiger partial charge in [0.05, 0.1) is 24.8 Å². The van der Waals surface area contributed by atoms with Crippen LogP contribution in [0.4, 0.5) is 0 Å². The second-order valence-electron chi connectivity index (χ2n) is 4.77. The van der Waals surface area contributed by atoms with Gasteiger partial charge in [0.1, 0.15) is 6.26 Å². The van der Waals surface area contributed by atoms with Gasteiger partial charge in [0.15, 0.2) is 0 Å². The fourth-order valence-electron chi connectivity index (χ4n) is 2.39. The van der Waals surface area contributed by atoms with Crippen LogP contribution in [0.1, 0.15) is 46.0 Å². The fraction of sp³-hybridized carbons (Fsp3) is 0.786. The fourth-order valence-corrected chi connectivity index (χ4v) is 3.25. The molecule has 0 saturated heterocycles. The lowest BCUT2D eigenvalue weighted by atomic mass is 10.0. The van der Waals surface area contributed by atoms with Crippen LogP contribution in [0.15, 0.2) is 11.6 Å². The Morgan fingerprint density at radius 2 is 2.21 bits per heavy atom. The minimum Gasteiger partial charge on any atom is -0.598 e. The summed E-state index contributed by atoms with van der Waals surface area (Å²) < 4.78 is 18.7. The summed E-state index contributed by atoms with van der Waals surface area (Å²) in [5.41, 5.74) is 0.688. The number of esters is 1. The monoisotopic (exact) mass is 287 g/mol. The predicted octanol–water partition coefficient (Wildman–Crippen LogP) is 2.42. The molecule has 110 valence electrons. The summed E-state index contributed by atoms with van der Waals surface area (Å²) in [5, 5.41) is 0. The molecule has 4 nitrogen and oxygen atoms in total. The Bertz CT molecular complexity index is 318. The average molecular weight is 287 g/mol. The molecule has 19 heavy (non-hydrogen) atoms. The van der Waals surface area contributed by atoms with Crippen molar-refractivity contribution < 1.29 is 14.1 Å². The molecule has 0 spiro atoms. The number of hydrogen-bond donors (Lipinski definition) is 0. The van der Waals surface area contributed by atoms with Gasteiger partial charge in [0, 0.05) is 11.4 Å². The van der Waals surface area contributed by atoms with Crippen molar-refractivity contribution in [3.8, 4) is 0 Å². The number of rotatable bonds is 8. The van der Waals surface area contributed by atoms with E-state index in [1.165, 1.54) is 12.8 Å². The maximum Gasteiger partial charge on any atom is 0.335 e. The van der Waals surface area contributed by atoms with Crippen LogP contribution < -0.4 is 0 Å². The lowest BCUT2D eigenvalue weighted by Crippen LogP contribution is -2.38. The smallest absolute Gasteiger partial charge is 0.335 e. The average Bonchev–Trinajstić information content (AvgIpc) is 2.79. The van der Waals surface area contributed by atoms with Gasteiger partial charge in [-0.1, -0.05) is 38.7 Å². The molecule has 0 fully saturated rings. The Morgan fingerprint density at radius 3 is 2.79 bits per heavy atom. The molecule has 0 aliphatic carbocycles. The highest BCUT2D eigenvalue weighted by Crippen LogP contribution is 2.27. The van der Waals surface area contributed by atoms with E-state index in [1.54, 1.807) is 13.2 Å². The molecule has 1 aliphatic rings. The molecule has 0 N–H and O–H groups in total. The van der Waals surface area contributed by atoms with E-state index in [0.717, 1.165) is 19.3 Å². The maximum atomic E-state index is 11.9. The number of nitrogens with zero attached hydrogens (tertiary/aromatic N) is 1. The first-order chi connectivity index (χ1) is 9.11. The number of carbonyl (C=O) groups excluding carboxylic acids is 1. The van der Waals surface area contributed by atoms with Crippen molar-refractivity contribution >= 4 is 17.3 Å². The molecule has 0 aromatic heterocycles. The van der Waals surface area contributed by atoms with E-state index in [0.29, 0.717) is 18.7 Å². The Kier molecular flexibility index (Phi) is 7.49. The van der Waals surface area contributed by atoms with Gasteiger partial charge in [-0.2, -0.15) is 0 Å². The van der Waals surface area contributed by atoms with E-state index in [1.807, 2.05) is 10.4 Å². The SMILES string of the molecule is CCCCCC[C@H]1C(C(=O)OCC)=CCN1[S@+](C)[O-]. The van der Waals surface area contributed by atoms with Crippen LogP contribution in [0.25, 0.3) is 0 Å². The second-order valence-corrected chi connectivity index (χ2v) is 6.09. The molecule has 0 aromatic rings. The van der Waals surface area contributed by atoms with Crippen molar-refractivity contribution in [1.29, 1.82) is 0 Å². The van der Waals surface area contributed by atoms with Crippen LogP contribution in [0, 0.1) is 0 Å². The molecule has 5 heteroatoms. The van der Waals surface area contributed by atoms with Gasteiger partial charge >= 0.3 is 5.97 Å². The molecule has 0 radical (unpaired) electrons. The predicted molar refractivity (Wildman–Crippen MR) is 78.0 cm³/mol. The molecule has 0 bridgehead atoms. The second kappa shape index (κ2) is 8.61. The van der Waals surface area contributed by atoms with Crippen molar-refractivity contribution in [2.75, 3.05) is 19.4 Å². The molecule has 0 aromatic carbocycles. The van der Waals surface area contributed by atoms with Gasteiger partial charge in [-0.05, 0) is 13.3 Å². The number of ether oxygens (including phenoxy) is 1. The van der Waals surface area contributed by atoms with E-state index in [4.69, 9.17) is 4.74 Å². The quantitative estimate of drug-likeness (QED) is 0.391. The highest BCUT2D eigenvalue weighted by atomic mass is 32.2. The van der Waals surface area contributed by atoms with E-state index < -0.39 is 11.4 Å². The number of hydrogen-bond acceptors (Lipinski definition) is 4. The topological polar surface area (TPSA) is 52.6 Å². The number of unbranched alkanes of at least 4 members (excludes halogenated alkanes) is 3. The molecular weight excluding hydrogens is 262 g/mol. The lowest BCUT2D eigenvalue weighted by Gasteiger charge is -2.25. The zero-order valence-electron chi connectivity index (χ0n) is 12.2. The minimum absolute atomic E-state index is 0.0401. The van der Waals surface area contributed by atoms with Gasteiger partial charge in [-0.15, -0.1) is 4.31 Å². The third kappa shape index (κ3) is 4.82. The molecule has 1 aliphatic heterocycles. The van der Waals surface area contributed by atoms with Crippen molar-refractivity contribution in [2.24, 2.45) is 0 Å². The first-order valence-electron chi connectivity index (χ1n) is 7.09. The van der Waals surface area contributed by atoms with E-state index in [-0.39, 0.29) is 12.0 Å². The van der Waals surface area contributed by atoms with Crippen LogP contribution in [0.3, 0.4) is 0 Å². The van der Waals surface area contributed by atoms with Gasteiger partial charge in [0.25, 0.3) is 0 Å². The van der Waals surface area contributed by atoms with Crippen LogP contribution in [0.5, 0.6) is 0 Å². The Morgan fingerprint density at radius 1 is 1.47 bits per heavy atom. The molecule has 1 heterocycles. The highest BCUT2D eigenvalue weighted by molar-refractivity contribution is 7.88. The van der Waals surface area contributed by atoms with E-state index in [9.17, 15) is 9.35 Å². The van der Waals surface area contributed by atoms with Crippen LogP contribution in [-0.4, -0.2) is 40.3 Å². The summed E-state index contributed by atoms with van der Waals surface area (Å²) in [6, 6.07) is -0.0401. The highest BCUT2D eigenvalue weighted by Gasteiger charge is 2.37. The maximum absolute atomic E-state index is 11.9. The molecule has 2 atom stereocenters. The molecule has 0 saturated carbocycles. The first kappa shape index (κ1) is 16.5. The standard InChI is InChI=1S/C14H25NO3S/c1-4-6-7-8-9-13-12(14(16)18-5-2)10-11-15(13)19(3)17/h10,13H,4-9,11H2,1-3H3/t13-,19-/m0/s1. The van der Waals surface area contributed by atoms with Gasteiger partial charge in [-0.3, -0.25) is 0 Å². The van der Waals surface area contributed by atoms with Crippen molar-refractivity contribution in [1.82, 2.24) is 4.31 Å². The van der Waals surface area contributed by atoms with E-state index in [2.05, 4.69) is 6.92 Å². The zero-order valence-corrected chi connectivity index (χ0v) is 13.0. The van der Waals surface area contributed by atoms with Crippen molar-refractivity contribution in [2.45, 2.75) is 52.0 Å². The molecule has 1 rings (SSSR count). The Labute approximate surface area is 119 Å². The van der Waals surface area contributed by atoms with Crippen LogP contribution in [-0.2, 0) is 20.9 Å². The number of carbonyl (C=O) groups is 1. The van der Waals surface area contributed by atoms with Crippen molar-refractivity contribution in [3.63, 3.8) is 0 Å². The summed E-state index contributed by atoms with van der Waals surface area (Å²) in [6.45, 7) is 4.94. The van der Waals surface area contributed by atoms with Crippen LogP contribution in [0.2, 0.25) is 0 Å². The largest absolute Gasteiger partial charge is 0.598 e. The van der Waals surface area contributed by atoms with Crippen LogP contribution >= 0.6 is 0 Å². The third-order valence-corrected chi connectivity index (χ3v) is 4.43. The normalized spacial score (nSPS) is 21.3. The summed E-state index contributed by atoms with van der Waals surface area (Å²) in [4.78, 5) is 11.9. The Balaban J connectivity index is 2.60. The van der Waals surface area contributed by atoms with Gasteiger partial charge < -0.3 is 9.29 Å². The zero-order chi connectivity index (χ0) is 14.3. The van der Waals surface area contributed by atoms with Gasteiger partial charge in [-0.25, -0.2) is 4.79 Å². The first-order valence-corrected chi connectivity index (χ1v) is 8.60. The van der Waals surface area contributed by atoms with E-state index >= 15 is 0 Å².